The lowest BCUT2D eigenvalue weighted by Gasteiger charge is -2.13. The first-order chi connectivity index (χ1) is 6.29. The van der Waals surface area contributed by atoms with Gasteiger partial charge in [0.2, 0.25) is 0 Å². The van der Waals surface area contributed by atoms with Crippen LogP contribution >= 0.6 is 0 Å². The van der Waals surface area contributed by atoms with Crippen LogP contribution in [0.25, 0.3) is 10.8 Å². The average molecular weight is 171 g/mol. The van der Waals surface area contributed by atoms with Gasteiger partial charge >= 0.3 is 0 Å². The minimum atomic E-state index is 0.995. The maximum atomic E-state index is 4.28. The molecule has 1 heterocycles. The van der Waals surface area contributed by atoms with E-state index in [-0.39, 0.29) is 0 Å². The lowest BCUT2D eigenvalue weighted by atomic mass is 10.1. The first kappa shape index (κ1) is 8.05. The topological polar surface area (TPSA) is 16.1 Å². The standard InChI is InChI=1S/C11H11N2/c1-13(2)11-10-6-4-3-5-9(10)7-8-12-11/h3-6,8H,1-2H3. The Hall–Kier alpha value is -1.57. The van der Waals surface area contributed by atoms with Crippen LogP contribution in [0.5, 0.6) is 0 Å². The van der Waals surface area contributed by atoms with Crippen LogP contribution in [-0.4, -0.2) is 19.1 Å². The molecule has 0 unspecified atom stereocenters. The number of pyridine rings is 1. The highest BCUT2D eigenvalue weighted by atomic mass is 15.1. The SMILES string of the molecule is CN(C)c1nc[c]c2ccccc12. The summed E-state index contributed by atoms with van der Waals surface area (Å²) in [5.74, 6) is 0.995. The third-order valence-corrected chi connectivity index (χ3v) is 2.00. The van der Waals surface area contributed by atoms with Crippen molar-refractivity contribution in [1.82, 2.24) is 4.98 Å². The Balaban J connectivity index is 2.76. The summed E-state index contributed by atoms with van der Waals surface area (Å²) in [6, 6.07) is 11.2. The highest BCUT2D eigenvalue weighted by Crippen LogP contribution is 2.21. The van der Waals surface area contributed by atoms with E-state index in [0.717, 1.165) is 16.6 Å². The number of hydrogen-bond donors (Lipinski definition) is 0. The van der Waals surface area contributed by atoms with Crippen molar-refractivity contribution in [2.24, 2.45) is 0 Å². The smallest absolute Gasteiger partial charge is 0.135 e. The summed E-state index contributed by atoms with van der Waals surface area (Å²) in [7, 11) is 3.99. The van der Waals surface area contributed by atoms with Gasteiger partial charge in [0.05, 0.1) is 0 Å². The largest absolute Gasteiger partial charge is 0.362 e. The molecule has 0 spiro atoms. The van der Waals surface area contributed by atoms with Crippen molar-refractivity contribution in [2.75, 3.05) is 19.0 Å². The number of anilines is 1. The van der Waals surface area contributed by atoms with Crippen molar-refractivity contribution < 1.29 is 0 Å². The van der Waals surface area contributed by atoms with Crippen molar-refractivity contribution in [1.29, 1.82) is 0 Å². The molecule has 0 aliphatic rings. The van der Waals surface area contributed by atoms with Crippen molar-refractivity contribution in [3.63, 3.8) is 0 Å². The molecule has 0 fully saturated rings. The van der Waals surface area contributed by atoms with Gasteiger partial charge in [0.1, 0.15) is 5.82 Å². The molecule has 0 amide bonds. The number of fused-ring (bicyclic) bond motifs is 1. The molecule has 0 N–H and O–H groups in total. The lowest BCUT2D eigenvalue weighted by Crippen LogP contribution is -2.10. The molecule has 2 heteroatoms. The van der Waals surface area contributed by atoms with Crippen molar-refractivity contribution in [3.8, 4) is 0 Å². The molecular weight excluding hydrogens is 160 g/mol. The van der Waals surface area contributed by atoms with Crippen LogP contribution in [0.15, 0.2) is 30.5 Å². The molecule has 2 aromatic rings. The molecule has 1 aromatic carbocycles. The molecule has 0 aliphatic carbocycles. The Morgan fingerprint density at radius 1 is 1.23 bits per heavy atom. The summed E-state index contributed by atoms with van der Waals surface area (Å²) in [6.45, 7) is 0. The van der Waals surface area contributed by atoms with Crippen molar-refractivity contribution in [2.45, 2.75) is 0 Å². The van der Waals surface area contributed by atoms with E-state index in [4.69, 9.17) is 0 Å². The number of benzene rings is 1. The van der Waals surface area contributed by atoms with E-state index in [1.165, 1.54) is 0 Å². The highest BCUT2D eigenvalue weighted by molar-refractivity contribution is 5.91. The second kappa shape index (κ2) is 3.05. The van der Waals surface area contributed by atoms with Crippen LogP contribution in [0.1, 0.15) is 0 Å². The fourth-order valence-corrected chi connectivity index (χ4v) is 1.39. The Morgan fingerprint density at radius 2 is 2.00 bits per heavy atom. The van der Waals surface area contributed by atoms with Crippen LogP contribution in [0.4, 0.5) is 5.82 Å². The molecule has 1 radical (unpaired) electrons. The number of aromatic nitrogens is 1. The van der Waals surface area contributed by atoms with Gasteiger partial charge in [-0.1, -0.05) is 24.3 Å². The predicted molar refractivity (Wildman–Crippen MR) is 54.9 cm³/mol. The Kier molecular flexibility index (Phi) is 1.89. The monoisotopic (exact) mass is 171 g/mol. The molecule has 1 aromatic heterocycles. The second-order valence-electron chi connectivity index (χ2n) is 3.17. The summed E-state index contributed by atoms with van der Waals surface area (Å²) in [5.41, 5.74) is 0. The molecule has 0 aliphatic heterocycles. The third kappa shape index (κ3) is 1.35. The van der Waals surface area contributed by atoms with E-state index in [2.05, 4.69) is 17.1 Å². The molecule has 2 nitrogen and oxygen atoms in total. The maximum Gasteiger partial charge on any atom is 0.135 e. The van der Waals surface area contributed by atoms with E-state index in [9.17, 15) is 0 Å². The Labute approximate surface area is 77.8 Å². The molecule has 0 bridgehead atoms. The molecule has 0 saturated heterocycles. The zero-order valence-corrected chi connectivity index (χ0v) is 7.78. The van der Waals surface area contributed by atoms with E-state index in [1.807, 2.05) is 37.2 Å². The van der Waals surface area contributed by atoms with Crippen LogP contribution in [0, 0.1) is 6.07 Å². The van der Waals surface area contributed by atoms with Gasteiger partial charge in [0.25, 0.3) is 0 Å². The van der Waals surface area contributed by atoms with E-state index in [1.54, 1.807) is 6.20 Å². The highest BCUT2D eigenvalue weighted by Gasteiger charge is 2.02. The van der Waals surface area contributed by atoms with Crippen LogP contribution < -0.4 is 4.90 Å². The third-order valence-electron chi connectivity index (χ3n) is 2.00. The molecule has 0 atom stereocenters. The Morgan fingerprint density at radius 3 is 2.77 bits per heavy atom. The number of rotatable bonds is 1. The number of hydrogen-bond acceptors (Lipinski definition) is 2. The maximum absolute atomic E-state index is 4.28. The van der Waals surface area contributed by atoms with Gasteiger partial charge in [0.15, 0.2) is 0 Å². The average Bonchev–Trinajstić information content (AvgIpc) is 2.17. The van der Waals surface area contributed by atoms with E-state index in [0.29, 0.717) is 0 Å². The summed E-state index contributed by atoms with van der Waals surface area (Å²) in [5, 5.41) is 2.26. The minimum absolute atomic E-state index is 0.995. The summed E-state index contributed by atoms with van der Waals surface area (Å²) >= 11 is 0. The zero-order chi connectivity index (χ0) is 9.26. The van der Waals surface area contributed by atoms with Crippen LogP contribution in [0.2, 0.25) is 0 Å². The fraction of sp³-hybridized carbons (Fsp3) is 0.182. The van der Waals surface area contributed by atoms with Gasteiger partial charge in [0, 0.05) is 31.7 Å². The molecule has 13 heavy (non-hydrogen) atoms. The normalized spacial score (nSPS) is 10.3. The van der Waals surface area contributed by atoms with Gasteiger partial charge in [-0.3, -0.25) is 0 Å². The quantitative estimate of drug-likeness (QED) is 0.653. The molecule has 2 rings (SSSR count). The molecule has 65 valence electrons. The second-order valence-corrected chi connectivity index (χ2v) is 3.17. The fourth-order valence-electron chi connectivity index (χ4n) is 1.39. The van der Waals surface area contributed by atoms with Crippen molar-refractivity contribution in [3.05, 3.63) is 36.5 Å². The lowest BCUT2D eigenvalue weighted by molar-refractivity contribution is 1.08. The summed E-state index contributed by atoms with van der Waals surface area (Å²) < 4.78 is 0. The summed E-state index contributed by atoms with van der Waals surface area (Å²) in [6.07, 6.45) is 1.72. The van der Waals surface area contributed by atoms with E-state index < -0.39 is 0 Å². The van der Waals surface area contributed by atoms with Crippen LogP contribution in [0.3, 0.4) is 0 Å². The first-order valence-electron chi connectivity index (χ1n) is 4.22. The Bertz CT molecular complexity index is 416. The van der Waals surface area contributed by atoms with Gasteiger partial charge in [-0.25, -0.2) is 4.98 Å². The minimum Gasteiger partial charge on any atom is -0.362 e. The summed E-state index contributed by atoms with van der Waals surface area (Å²) in [4.78, 5) is 6.29. The predicted octanol–water partition coefficient (Wildman–Crippen LogP) is 2.10. The number of nitrogens with zero attached hydrogens (tertiary/aromatic N) is 2. The van der Waals surface area contributed by atoms with E-state index >= 15 is 0 Å². The van der Waals surface area contributed by atoms with Gasteiger partial charge in [-0.2, -0.15) is 0 Å². The molecular formula is C11H11N2. The zero-order valence-electron chi connectivity index (χ0n) is 7.78. The molecule has 0 saturated carbocycles. The van der Waals surface area contributed by atoms with Gasteiger partial charge in [-0.15, -0.1) is 0 Å². The van der Waals surface area contributed by atoms with Gasteiger partial charge < -0.3 is 4.90 Å². The first-order valence-corrected chi connectivity index (χ1v) is 4.22. The van der Waals surface area contributed by atoms with Gasteiger partial charge in [-0.05, 0) is 5.39 Å². The van der Waals surface area contributed by atoms with Crippen LogP contribution in [-0.2, 0) is 0 Å². The van der Waals surface area contributed by atoms with Crippen molar-refractivity contribution >= 4 is 16.6 Å².